The largest absolute Gasteiger partial charge is 0.350 e. The Labute approximate surface area is 124 Å². The lowest BCUT2D eigenvalue weighted by molar-refractivity contribution is -0.117. The van der Waals surface area contributed by atoms with Crippen molar-refractivity contribution >= 4 is 12.0 Å². The van der Waals surface area contributed by atoms with Gasteiger partial charge < -0.3 is 10.2 Å². The summed E-state index contributed by atoms with van der Waals surface area (Å²) < 4.78 is 13.5. The van der Waals surface area contributed by atoms with Crippen molar-refractivity contribution in [2.75, 3.05) is 7.05 Å². The molecule has 3 nitrogen and oxygen atoms in total. The van der Waals surface area contributed by atoms with Crippen LogP contribution >= 0.6 is 0 Å². The molecule has 112 valence electrons. The number of rotatable bonds is 3. The Kier molecular flexibility index (Phi) is 4.06. The van der Waals surface area contributed by atoms with Gasteiger partial charge in [-0.1, -0.05) is 18.2 Å². The highest BCUT2D eigenvalue weighted by molar-refractivity contribution is 5.91. The van der Waals surface area contributed by atoms with Crippen molar-refractivity contribution in [2.45, 2.75) is 43.8 Å². The molecule has 4 heteroatoms. The maximum absolute atomic E-state index is 13.5. The Morgan fingerprint density at radius 2 is 1.95 bits per heavy atom. The van der Waals surface area contributed by atoms with Gasteiger partial charge in [-0.3, -0.25) is 4.79 Å². The Bertz CT molecular complexity index is 543. The number of carbonyl (C=O) groups excluding carboxylic acids is 1. The topological polar surface area (TPSA) is 32.3 Å². The summed E-state index contributed by atoms with van der Waals surface area (Å²) in [5, 5.41) is 3.06. The zero-order chi connectivity index (χ0) is 14.8. The van der Waals surface area contributed by atoms with E-state index in [-0.39, 0.29) is 17.8 Å². The minimum absolute atomic E-state index is 0.132. The first-order valence-corrected chi connectivity index (χ1v) is 7.58. The number of amides is 1. The van der Waals surface area contributed by atoms with Gasteiger partial charge in [0.2, 0.25) is 5.91 Å². The van der Waals surface area contributed by atoms with E-state index >= 15 is 0 Å². The first-order valence-electron chi connectivity index (χ1n) is 7.58. The molecular formula is C17H21FN2O. The number of hydrogen-bond donors (Lipinski definition) is 1. The molecule has 2 saturated heterocycles. The zero-order valence-corrected chi connectivity index (χ0v) is 12.3. The van der Waals surface area contributed by atoms with Crippen molar-refractivity contribution in [2.24, 2.45) is 0 Å². The van der Waals surface area contributed by atoms with E-state index in [1.165, 1.54) is 31.1 Å². The average Bonchev–Trinajstić information content (AvgIpc) is 2.69. The lowest BCUT2D eigenvalue weighted by atomic mass is 9.98. The number of benzene rings is 1. The minimum Gasteiger partial charge on any atom is -0.350 e. The molecule has 0 saturated carbocycles. The summed E-state index contributed by atoms with van der Waals surface area (Å²) in [6, 6.07) is 7.91. The predicted molar refractivity (Wildman–Crippen MR) is 81.2 cm³/mol. The summed E-state index contributed by atoms with van der Waals surface area (Å²) in [4.78, 5) is 14.4. The normalized spacial score (nSPS) is 29.0. The molecule has 3 rings (SSSR count). The van der Waals surface area contributed by atoms with Crippen LogP contribution in [0.25, 0.3) is 6.08 Å². The molecule has 2 bridgehead atoms. The summed E-state index contributed by atoms with van der Waals surface area (Å²) in [6.07, 6.45) is 7.47. The van der Waals surface area contributed by atoms with E-state index in [2.05, 4.69) is 17.3 Å². The molecule has 1 amide bonds. The van der Waals surface area contributed by atoms with Crippen molar-refractivity contribution in [1.29, 1.82) is 0 Å². The Hall–Kier alpha value is -1.68. The Balaban J connectivity index is 1.57. The van der Waals surface area contributed by atoms with Gasteiger partial charge in [0, 0.05) is 29.8 Å². The second kappa shape index (κ2) is 5.98. The van der Waals surface area contributed by atoms with Crippen LogP contribution in [0.5, 0.6) is 0 Å². The standard InChI is InChI=1S/C17H21FN2O/c1-20-14-7-8-15(20)11-13(10-14)19-17(21)9-6-12-4-2-3-5-16(12)18/h2-6,9,13-15H,7-8,10-11H2,1H3,(H,19,21). The second-order valence-electron chi connectivity index (χ2n) is 6.08. The monoisotopic (exact) mass is 288 g/mol. The van der Waals surface area contributed by atoms with Crippen LogP contribution in [-0.4, -0.2) is 36.0 Å². The molecule has 1 aromatic rings. The molecule has 1 N–H and O–H groups in total. The average molecular weight is 288 g/mol. The zero-order valence-electron chi connectivity index (χ0n) is 12.3. The van der Waals surface area contributed by atoms with Gasteiger partial charge >= 0.3 is 0 Å². The van der Waals surface area contributed by atoms with Crippen LogP contribution in [0.4, 0.5) is 4.39 Å². The third kappa shape index (κ3) is 3.16. The molecule has 0 spiro atoms. The molecule has 2 unspecified atom stereocenters. The summed E-state index contributed by atoms with van der Waals surface area (Å²) in [5.74, 6) is -0.439. The first-order chi connectivity index (χ1) is 10.1. The van der Waals surface area contributed by atoms with Crippen molar-refractivity contribution in [3.63, 3.8) is 0 Å². The van der Waals surface area contributed by atoms with Crippen molar-refractivity contribution < 1.29 is 9.18 Å². The lowest BCUT2D eigenvalue weighted by Crippen LogP contribution is -2.48. The molecule has 0 aromatic heterocycles. The molecule has 2 atom stereocenters. The number of piperidine rings is 1. The molecule has 2 fully saturated rings. The number of hydrogen-bond acceptors (Lipinski definition) is 2. The number of nitrogens with zero attached hydrogens (tertiary/aromatic N) is 1. The summed E-state index contributed by atoms with van der Waals surface area (Å²) in [5.41, 5.74) is 0.441. The number of fused-ring (bicyclic) bond motifs is 2. The molecule has 0 radical (unpaired) electrons. The van der Waals surface area contributed by atoms with E-state index in [9.17, 15) is 9.18 Å². The van der Waals surface area contributed by atoms with E-state index in [1.807, 2.05) is 0 Å². The predicted octanol–water partition coefficient (Wildman–Crippen LogP) is 2.58. The number of nitrogens with one attached hydrogen (secondary N) is 1. The molecule has 2 heterocycles. The van der Waals surface area contributed by atoms with E-state index in [4.69, 9.17) is 0 Å². The molecule has 21 heavy (non-hydrogen) atoms. The van der Waals surface area contributed by atoms with Gasteiger partial charge in [-0.05, 0) is 44.9 Å². The van der Waals surface area contributed by atoms with Gasteiger partial charge in [0.15, 0.2) is 0 Å². The minimum atomic E-state index is -0.307. The van der Waals surface area contributed by atoms with Gasteiger partial charge in [0.1, 0.15) is 5.82 Å². The summed E-state index contributed by atoms with van der Waals surface area (Å²) >= 11 is 0. The highest BCUT2D eigenvalue weighted by atomic mass is 19.1. The van der Waals surface area contributed by atoms with E-state index < -0.39 is 0 Å². The molecule has 1 aromatic carbocycles. The molecular weight excluding hydrogens is 267 g/mol. The fourth-order valence-corrected chi connectivity index (χ4v) is 3.55. The summed E-state index contributed by atoms with van der Waals surface area (Å²) in [7, 11) is 2.18. The van der Waals surface area contributed by atoms with Crippen LogP contribution in [0.15, 0.2) is 30.3 Å². The molecule has 0 aliphatic carbocycles. The fourth-order valence-electron chi connectivity index (χ4n) is 3.55. The lowest BCUT2D eigenvalue weighted by Gasteiger charge is -2.36. The second-order valence-corrected chi connectivity index (χ2v) is 6.08. The maximum atomic E-state index is 13.5. The Morgan fingerprint density at radius 1 is 1.29 bits per heavy atom. The van der Waals surface area contributed by atoms with Gasteiger partial charge in [0.25, 0.3) is 0 Å². The van der Waals surface area contributed by atoms with Gasteiger partial charge in [-0.2, -0.15) is 0 Å². The van der Waals surface area contributed by atoms with Crippen molar-refractivity contribution in [3.05, 3.63) is 41.7 Å². The van der Waals surface area contributed by atoms with Crippen LogP contribution in [0, 0.1) is 5.82 Å². The summed E-state index contributed by atoms with van der Waals surface area (Å²) in [6.45, 7) is 0. The molecule has 2 aliphatic heterocycles. The van der Waals surface area contributed by atoms with E-state index in [1.54, 1.807) is 18.2 Å². The fraction of sp³-hybridized carbons (Fsp3) is 0.471. The van der Waals surface area contributed by atoms with Crippen LogP contribution in [0.3, 0.4) is 0 Å². The quantitative estimate of drug-likeness (QED) is 0.867. The van der Waals surface area contributed by atoms with Crippen molar-refractivity contribution in [3.8, 4) is 0 Å². The van der Waals surface area contributed by atoms with Crippen LogP contribution in [0.1, 0.15) is 31.2 Å². The third-order valence-electron chi connectivity index (χ3n) is 4.76. The van der Waals surface area contributed by atoms with E-state index in [0.29, 0.717) is 17.6 Å². The van der Waals surface area contributed by atoms with Crippen LogP contribution in [0.2, 0.25) is 0 Å². The highest BCUT2D eigenvalue weighted by Gasteiger charge is 2.38. The highest BCUT2D eigenvalue weighted by Crippen LogP contribution is 2.34. The van der Waals surface area contributed by atoms with Crippen LogP contribution < -0.4 is 5.32 Å². The molecule has 2 aliphatic rings. The third-order valence-corrected chi connectivity index (χ3v) is 4.76. The van der Waals surface area contributed by atoms with Crippen LogP contribution in [-0.2, 0) is 4.79 Å². The maximum Gasteiger partial charge on any atom is 0.244 e. The Morgan fingerprint density at radius 3 is 2.62 bits per heavy atom. The van der Waals surface area contributed by atoms with E-state index in [0.717, 1.165) is 12.8 Å². The van der Waals surface area contributed by atoms with Crippen molar-refractivity contribution in [1.82, 2.24) is 10.2 Å². The number of carbonyl (C=O) groups is 1. The number of halogens is 1. The SMILES string of the molecule is CN1C2CCC1CC(NC(=O)C=Cc1ccccc1F)C2. The van der Waals surface area contributed by atoms with Gasteiger partial charge in [-0.15, -0.1) is 0 Å². The van der Waals surface area contributed by atoms with Gasteiger partial charge in [0.05, 0.1) is 0 Å². The smallest absolute Gasteiger partial charge is 0.244 e. The van der Waals surface area contributed by atoms with Gasteiger partial charge in [-0.25, -0.2) is 4.39 Å². The first kappa shape index (κ1) is 14.3.